The molecule has 0 radical (unpaired) electrons. The van der Waals surface area contributed by atoms with Gasteiger partial charge in [0.2, 0.25) is 0 Å². The van der Waals surface area contributed by atoms with Gasteiger partial charge in [-0.2, -0.15) is 8.42 Å². The lowest BCUT2D eigenvalue weighted by atomic mass is 9.91. The first-order valence-corrected chi connectivity index (χ1v) is 27.2. The van der Waals surface area contributed by atoms with E-state index in [1.54, 1.807) is 26.0 Å². The van der Waals surface area contributed by atoms with E-state index in [4.69, 9.17) is 130 Å². The highest BCUT2D eigenvalue weighted by Gasteiger charge is 2.43. The van der Waals surface area contributed by atoms with Gasteiger partial charge < -0.3 is 25.2 Å². The molecule has 0 amide bonds. The maximum atomic E-state index is 12.4. The summed E-state index contributed by atoms with van der Waals surface area (Å²) in [6, 6.07) is 0. The second-order valence-electron chi connectivity index (χ2n) is 16.2. The summed E-state index contributed by atoms with van der Waals surface area (Å²) < 4.78 is 42.0. The van der Waals surface area contributed by atoms with Crippen molar-refractivity contribution in [2.24, 2.45) is 5.92 Å². The molecule has 0 fully saturated rings. The number of ether oxygens (including phenoxy) is 1. The van der Waals surface area contributed by atoms with Gasteiger partial charge in [0.05, 0.1) is 74.0 Å². The number of rotatable bonds is 38. The van der Waals surface area contributed by atoms with Gasteiger partial charge in [-0.05, 0) is 57.4 Å². The largest absolute Gasteiger partial charge is 0.458 e. The van der Waals surface area contributed by atoms with Crippen LogP contribution in [0.15, 0.2) is 12.2 Å². The van der Waals surface area contributed by atoms with E-state index in [1.165, 1.54) is 64.2 Å². The third kappa shape index (κ3) is 29.0. The molecule has 0 aliphatic heterocycles. The number of esters is 1. The van der Waals surface area contributed by atoms with Crippen molar-refractivity contribution >= 4 is 132 Å². The Morgan fingerprint density at radius 2 is 1.19 bits per heavy atom. The zero-order valence-electron chi connectivity index (χ0n) is 35.8. The van der Waals surface area contributed by atoms with E-state index in [0.717, 1.165) is 19.3 Å². The lowest BCUT2D eigenvalue weighted by Gasteiger charge is -2.35. The lowest BCUT2D eigenvalue weighted by Crippen LogP contribution is -2.48. The summed E-state index contributed by atoms with van der Waals surface area (Å²) in [7, 11) is -5.02. The number of halogens is 10. The zero-order valence-corrected chi connectivity index (χ0v) is 44.2. The molecule has 1 unspecified atom stereocenters. The predicted molar refractivity (Wildman–Crippen MR) is 260 cm³/mol. The van der Waals surface area contributed by atoms with Crippen molar-refractivity contribution in [3.63, 3.8) is 0 Å². The van der Waals surface area contributed by atoms with Gasteiger partial charge in [-0.15, -0.1) is 116 Å². The summed E-state index contributed by atoms with van der Waals surface area (Å²) in [5.74, 6) is -1.10. The minimum Gasteiger partial charge on any atom is -0.458 e. The van der Waals surface area contributed by atoms with E-state index in [-0.39, 0.29) is 38.1 Å². The van der Waals surface area contributed by atoms with E-state index in [1.807, 2.05) is 0 Å². The fourth-order valence-corrected chi connectivity index (χ4v) is 10.5. The van der Waals surface area contributed by atoms with Crippen molar-refractivity contribution in [3.8, 4) is 0 Å². The van der Waals surface area contributed by atoms with Gasteiger partial charge in [0.1, 0.15) is 10.4 Å². The monoisotopic (exact) mass is 1100 g/mol. The highest BCUT2D eigenvalue weighted by Crippen LogP contribution is 2.39. The maximum Gasteiger partial charge on any atom is 0.397 e. The fraction of sp³-hybridized carbons (Fsp3) is 0.927. The van der Waals surface area contributed by atoms with E-state index in [2.05, 4.69) is 6.92 Å². The second kappa shape index (κ2) is 35.0. The summed E-state index contributed by atoms with van der Waals surface area (Å²) in [6.45, 7) is 4.92. The molecule has 21 heteroatoms. The Bertz CT molecular complexity index is 1310. The van der Waals surface area contributed by atoms with Crippen LogP contribution in [0, 0.1) is 5.92 Å². The van der Waals surface area contributed by atoms with Crippen LogP contribution in [0.3, 0.4) is 0 Å². The molecule has 14 atom stereocenters. The van der Waals surface area contributed by atoms with Gasteiger partial charge in [-0.25, -0.2) is 4.18 Å². The van der Waals surface area contributed by atoms with Gasteiger partial charge >= 0.3 is 16.4 Å². The Balaban J connectivity index is 5.06. The highest BCUT2D eigenvalue weighted by atomic mass is 35.5. The number of aliphatic hydroxyl groups excluding tert-OH is 4. The number of alkyl halides is 10. The maximum absolute atomic E-state index is 12.4. The molecule has 0 aliphatic rings. The smallest absolute Gasteiger partial charge is 0.397 e. The van der Waals surface area contributed by atoms with Gasteiger partial charge in [0, 0.05) is 6.42 Å². The SMILES string of the molecule is CCCCCCCCCCCCCCCC(=O)OC(C)/C=C/C[C@@H](Cl)[C@H](Cl)[C@H](C[C@H](C)[C@H](Cl)[C@@H](O)[C@H](Cl)[C@@H](Cl)[C@H](Cl)[C@H](O)[C@H](Cl)CC(Cl)(Cl)CC[C@H](Cl)[C@@H](O)CO)OS(=O)(=O)O. The van der Waals surface area contributed by atoms with Crippen LogP contribution in [-0.4, -0.2) is 124 Å². The van der Waals surface area contributed by atoms with Crippen LogP contribution in [0.5, 0.6) is 0 Å². The molecule has 0 aromatic carbocycles. The summed E-state index contributed by atoms with van der Waals surface area (Å²) in [5.41, 5.74) is 0. The first kappa shape index (κ1) is 63.8. The van der Waals surface area contributed by atoms with Crippen LogP contribution in [0.2, 0.25) is 0 Å². The molecule has 0 aromatic rings. The third-order valence-electron chi connectivity index (χ3n) is 10.5. The van der Waals surface area contributed by atoms with Crippen molar-refractivity contribution in [1.29, 1.82) is 0 Å². The molecule has 10 nitrogen and oxygen atoms in total. The average Bonchev–Trinajstić information content (AvgIpc) is 3.20. The van der Waals surface area contributed by atoms with Gasteiger partial charge in [-0.1, -0.05) is 97.0 Å². The molecular weight excluding hydrogens is 1040 g/mol. The summed E-state index contributed by atoms with van der Waals surface area (Å²) in [6.07, 6.45) is 12.8. The number of unbranched alkanes of at least 4 members (excludes halogenated alkanes) is 12. The topological polar surface area (TPSA) is 171 Å². The zero-order chi connectivity index (χ0) is 47.6. The minimum absolute atomic E-state index is 0.0414. The Labute approximate surface area is 421 Å². The van der Waals surface area contributed by atoms with Crippen molar-refractivity contribution in [3.05, 3.63) is 12.2 Å². The number of carbonyl (C=O) groups is 1. The van der Waals surface area contributed by atoms with Crippen LogP contribution in [-0.2, 0) is 24.1 Å². The number of aliphatic hydroxyl groups is 4. The van der Waals surface area contributed by atoms with Crippen LogP contribution < -0.4 is 0 Å². The van der Waals surface area contributed by atoms with E-state index < -0.39 is 101 Å². The molecule has 5 N–H and O–H groups in total. The van der Waals surface area contributed by atoms with Crippen LogP contribution in [0.1, 0.15) is 143 Å². The Morgan fingerprint density at radius 1 is 0.694 bits per heavy atom. The third-order valence-corrected chi connectivity index (χ3v) is 16.3. The summed E-state index contributed by atoms with van der Waals surface area (Å²) >= 11 is 64.3. The number of allylic oxidation sites excluding steroid dienone is 1. The second-order valence-corrected chi connectivity index (χ2v) is 23.1. The molecule has 0 saturated carbocycles. The minimum atomic E-state index is -5.02. The van der Waals surface area contributed by atoms with Gasteiger partial charge in [0.15, 0.2) is 0 Å². The predicted octanol–water partition coefficient (Wildman–Crippen LogP) is 11.8. The van der Waals surface area contributed by atoms with E-state index in [9.17, 15) is 33.1 Å². The summed E-state index contributed by atoms with van der Waals surface area (Å²) in [5, 5.41) is 31.3. The Kier molecular flexibility index (Phi) is 36.0. The normalized spacial score (nSPS) is 19.7. The van der Waals surface area contributed by atoms with Gasteiger partial charge in [0.25, 0.3) is 0 Å². The molecule has 0 rings (SSSR count). The molecular formula is C41H70Cl10O10S. The summed E-state index contributed by atoms with van der Waals surface area (Å²) in [4.78, 5) is 12.4. The number of hydrogen-bond donors (Lipinski definition) is 5. The van der Waals surface area contributed by atoms with Crippen molar-refractivity contribution in [2.75, 3.05) is 6.61 Å². The Hall–Kier alpha value is 1.82. The fourth-order valence-electron chi connectivity index (χ4n) is 6.66. The van der Waals surface area contributed by atoms with Crippen LogP contribution in [0.4, 0.5) is 0 Å². The number of hydrogen-bond acceptors (Lipinski definition) is 9. The Morgan fingerprint density at radius 3 is 1.69 bits per heavy atom. The van der Waals surface area contributed by atoms with Gasteiger partial charge in [-0.3, -0.25) is 9.35 Å². The molecule has 0 spiro atoms. The molecule has 0 bridgehead atoms. The van der Waals surface area contributed by atoms with E-state index >= 15 is 0 Å². The first-order chi connectivity index (χ1) is 28.9. The lowest BCUT2D eigenvalue weighted by molar-refractivity contribution is -0.146. The van der Waals surface area contributed by atoms with E-state index in [0.29, 0.717) is 6.42 Å². The average molecular weight is 1110 g/mol. The molecule has 370 valence electrons. The van der Waals surface area contributed by atoms with Crippen LogP contribution in [0.25, 0.3) is 0 Å². The quantitative estimate of drug-likeness (QED) is 0.0132. The molecule has 0 aromatic heterocycles. The molecule has 0 saturated heterocycles. The van der Waals surface area contributed by atoms with Crippen molar-refractivity contribution < 1.29 is 47.1 Å². The van der Waals surface area contributed by atoms with Crippen molar-refractivity contribution in [1.82, 2.24) is 0 Å². The van der Waals surface area contributed by atoms with Crippen molar-refractivity contribution in [2.45, 2.75) is 221 Å². The highest BCUT2D eigenvalue weighted by molar-refractivity contribution is 7.80. The standard InChI is InChI=1S/C41H70Cl10O10S/c1-4-5-6-7-8-9-10-11-12-13-14-15-16-20-33(54)60-27(3)18-17-19-29(43)35(46)32(61-62(57,58)59)23-26(2)34(45)40(56)38(49)36(47)37(48)39(55)30(44)24-41(50,51)22-21-28(42)31(53)25-52/h17-18,26-32,34-40,52-53,55-56H,4-16,19-25H2,1-3H3,(H,57,58,59)/b18-17+/t26-,27?,28-,29+,30+,31-,32-,34-,35-,36-,37-,38+,39+,40+/m0/s1. The number of carbonyl (C=O) groups excluding carboxylic acids is 1. The first-order valence-electron chi connectivity index (χ1n) is 21.6. The molecule has 0 heterocycles. The molecule has 0 aliphatic carbocycles. The molecule has 62 heavy (non-hydrogen) atoms. The van der Waals surface area contributed by atoms with Crippen LogP contribution >= 0.6 is 116 Å².